The number of esters is 1. The molecule has 1 aromatic carbocycles. The average molecular weight is 423 g/mol. The molecule has 1 amide bonds. The van der Waals surface area contributed by atoms with Gasteiger partial charge in [0, 0.05) is 18.8 Å². The molecule has 0 aromatic heterocycles. The van der Waals surface area contributed by atoms with Crippen molar-refractivity contribution in [2.75, 3.05) is 18.4 Å². The Morgan fingerprint density at radius 2 is 1.59 bits per heavy atom. The maximum atomic E-state index is 12.7. The summed E-state index contributed by atoms with van der Waals surface area (Å²) in [7, 11) is -3.50. The minimum atomic E-state index is -3.50. The van der Waals surface area contributed by atoms with E-state index in [0.717, 1.165) is 51.4 Å². The molecule has 1 heterocycles. The number of nitrogens with one attached hydrogen (secondary N) is 1. The van der Waals surface area contributed by atoms with Crippen LogP contribution in [-0.2, 0) is 24.3 Å². The molecule has 1 atom stereocenters. The molecule has 0 unspecified atom stereocenters. The highest BCUT2D eigenvalue weighted by Crippen LogP contribution is 2.25. The van der Waals surface area contributed by atoms with E-state index in [-0.39, 0.29) is 16.8 Å². The Kier molecular flexibility index (Phi) is 7.29. The number of rotatable bonds is 6. The number of carbonyl (C=O) groups is 2. The first-order valence-electron chi connectivity index (χ1n) is 10.5. The van der Waals surface area contributed by atoms with Gasteiger partial charge in [0.15, 0.2) is 6.10 Å². The number of nitrogens with zero attached hydrogens (tertiary/aromatic N) is 1. The van der Waals surface area contributed by atoms with Crippen LogP contribution >= 0.6 is 0 Å². The summed E-state index contributed by atoms with van der Waals surface area (Å²) in [6.07, 6.45) is 6.74. The van der Waals surface area contributed by atoms with Gasteiger partial charge >= 0.3 is 5.97 Å². The van der Waals surface area contributed by atoms with E-state index < -0.39 is 22.0 Å². The van der Waals surface area contributed by atoms with Gasteiger partial charge in [0.25, 0.3) is 5.91 Å². The van der Waals surface area contributed by atoms with Crippen LogP contribution < -0.4 is 5.32 Å². The zero-order valence-electron chi connectivity index (χ0n) is 16.9. The predicted molar refractivity (Wildman–Crippen MR) is 110 cm³/mol. The van der Waals surface area contributed by atoms with Crippen LogP contribution in [0.2, 0.25) is 0 Å². The highest BCUT2D eigenvalue weighted by molar-refractivity contribution is 7.89. The van der Waals surface area contributed by atoms with Gasteiger partial charge in [0.05, 0.1) is 10.8 Å². The molecule has 29 heavy (non-hydrogen) atoms. The van der Waals surface area contributed by atoms with Crippen molar-refractivity contribution in [3.63, 3.8) is 0 Å². The molecule has 1 aliphatic heterocycles. The first kappa shape index (κ1) is 21.8. The summed E-state index contributed by atoms with van der Waals surface area (Å²) in [6.45, 7) is 2.64. The van der Waals surface area contributed by atoms with Gasteiger partial charge in [-0.15, -0.1) is 0 Å². The molecule has 1 N–H and O–H groups in total. The molecule has 0 radical (unpaired) electrons. The monoisotopic (exact) mass is 422 g/mol. The lowest BCUT2D eigenvalue weighted by Crippen LogP contribution is -2.35. The van der Waals surface area contributed by atoms with Crippen LogP contribution in [0.15, 0.2) is 29.2 Å². The Morgan fingerprint density at radius 3 is 2.21 bits per heavy atom. The van der Waals surface area contributed by atoms with Crippen molar-refractivity contribution in [1.29, 1.82) is 0 Å². The normalized spacial score (nSPS) is 20.0. The van der Waals surface area contributed by atoms with Crippen LogP contribution in [0.4, 0.5) is 5.69 Å². The molecule has 160 valence electrons. The van der Waals surface area contributed by atoms with Crippen molar-refractivity contribution in [2.24, 2.45) is 5.92 Å². The zero-order valence-corrected chi connectivity index (χ0v) is 17.7. The molecule has 3 rings (SSSR count). The minimum absolute atomic E-state index is 0.113. The molecule has 1 aliphatic carbocycles. The first-order chi connectivity index (χ1) is 13.9. The standard InChI is InChI=1S/C21H30N2O5S/c1-16(28-21(25)17-8-4-2-5-9-17)20(24)22-18-10-12-19(13-11-18)29(26,27)23-14-6-3-7-15-23/h10-13,16-17H,2-9,14-15H2,1H3,(H,22,24)/t16-/m0/s1. The topological polar surface area (TPSA) is 92.8 Å². The molecular formula is C21H30N2O5S. The van der Waals surface area contributed by atoms with Crippen molar-refractivity contribution in [3.8, 4) is 0 Å². The number of hydrogen-bond donors (Lipinski definition) is 1. The summed E-state index contributed by atoms with van der Waals surface area (Å²) in [4.78, 5) is 24.8. The summed E-state index contributed by atoms with van der Waals surface area (Å²) in [6, 6.07) is 6.12. The largest absolute Gasteiger partial charge is 0.452 e. The van der Waals surface area contributed by atoms with Crippen molar-refractivity contribution in [1.82, 2.24) is 4.31 Å². The van der Waals surface area contributed by atoms with Gasteiger partial charge in [0.1, 0.15) is 0 Å². The summed E-state index contributed by atoms with van der Waals surface area (Å²) >= 11 is 0. The third-order valence-corrected chi connectivity index (χ3v) is 7.59. The summed E-state index contributed by atoms with van der Waals surface area (Å²) in [5.74, 6) is -0.852. The maximum absolute atomic E-state index is 12.7. The van der Waals surface area contributed by atoms with Gasteiger partial charge in [-0.3, -0.25) is 9.59 Å². The van der Waals surface area contributed by atoms with E-state index in [2.05, 4.69) is 5.32 Å². The molecule has 0 bridgehead atoms. The van der Waals surface area contributed by atoms with E-state index in [1.807, 2.05) is 0 Å². The smallest absolute Gasteiger partial charge is 0.309 e. The summed E-state index contributed by atoms with van der Waals surface area (Å²) < 4.78 is 32.2. The third kappa shape index (κ3) is 5.57. The molecule has 0 spiro atoms. The van der Waals surface area contributed by atoms with Crippen molar-refractivity contribution in [2.45, 2.75) is 69.3 Å². The van der Waals surface area contributed by atoms with Crippen LogP contribution in [-0.4, -0.2) is 43.8 Å². The number of piperidine rings is 1. The fourth-order valence-electron chi connectivity index (χ4n) is 3.87. The first-order valence-corrected chi connectivity index (χ1v) is 11.9. The van der Waals surface area contributed by atoms with E-state index in [1.165, 1.54) is 16.4 Å². The van der Waals surface area contributed by atoms with Crippen LogP contribution in [0.5, 0.6) is 0 Å². The van der Waals surface area contributed by atoms with Gasteiger partial charge < -0.3 is 10.1 Å². The summed E-state index contributed by atoms with van der Waals surface area (Å²) in [5.41, 5.74) is 0.466. The quantitative estimate of drug-likeness (QED) is 0.710. The molecule has 7 nitrogen and oxygen atoms in total. The fraction of sp³-hybridized carbons (Fsp3) is 0.619. The van der Waals surface area contributed by atoms with Crippen LogP contribution in [0.1, 0.15) is 58.3 Å². The lowest BCUT2D eigenvalue weighted by atomic mass is 9.89. The summed E-state index contributed by atoms with van der Waals surface area (Å²) in [5, 5.41) is 2.68. The van der Waals surface area contributed by atoms with E-state index in [9.17, 15) is 18.0 Å². The van der Waals surface area contributed by atoms with Gasteiger partial charge in [-0.25, -0.2) is 8.42 Å². The van der Waals surface area contributed by atoms with Gasteiger partial charge in [-0.05, 0) is 56.9 Å². The van der Waals surface area contributed by atoms with Crippen molar-refractivity contribution < 1.29 is 22.7 Å². The predicted octanol–water partition coefficient (Wildman–Crippen LogP) is 3.31. The minimum Gasteiger partial charge on any atom is -0.452 e. The Hall–Kier alpha value is -1.93. The van der Waals surface area contributed by atoms with Crippen molar-refractivity contribution in [3.05, 3.63) is 24.3 Å². The van der Waals surface area contributed by atoms with Crippen LogP contribution in [0.3, 0.4) is 0 Å². The Balaban J connectivity index is 1.55. The number of sulfonamides is 1. The van der Waals surface area contributed by atoms with Crippen LogP contribution in [0, 0.1) is 5.92 Å². The van der Waals surface area contributed by atoms with Gasteiger partial charge in [0.2, 0.25) is 10.0 Å². The van der Waals surface area contributed by atoms with E-state index in [0.29, 0.717) is 18.8 Å². The maximum Gasteiger partial charge on any atom is 0.309 e. The molecule has 1 saturated carbocycles. The lowest BCUT2D eigenvalue weighted by molar-refractivity contribution is -0.158. The number of benzene rings is 1. The number of amides is 1. The number of ether oxygens (including phenoxy) is 1. The molecule has 2 fully saturated rings. The van der Waals surface area contributed by atoms with E-state index in [1.54, 1.807) is 19.1 Å². The van der Waals surface area contributed by atoms with E-state index in [4.69, 9.17) is 4.74 Å². The van der Waals surface area contributed by atoms with Crippen molar-refractivity contribution >= 4 is 27.6 Å². The Morgan fingerprint density at radius 1 is 1.00 bits per heavy atom. The molecular weight excluding hydrogens is 392 g/mol. The highest BCUT2D eigenvalue weighted by atomic mass is 32.2. The lowest BCUT2D eigenvalue weighted by Gasteiger charge is -2.26. The molecule has 2 aliphatic rings. The second-order valence-corrected chi connectivity index (χ2v) is 9.83. The molecule has 1 saturated heterocycles. The number of hydrogen-bond acceptors (Lipinski definition) is 5. The number of anilines is 1. The zero-order chi connectivity index (χ0) is 20.9. The third-order valence-electron chi connectivity index (χ3n) is 5.68. The molecule has 1 aromatic rings. The van der Waals surface area contributed by atoms with Gasteiger partial charge in [-0.2, -0.15) is 4.31 Å². The molecule has 8 heteroatoms. The average Bonchev–Trinajstić information content (AvgIpc) is 2.75. The highest BCUT2D eigenvalue weighted by Gasteiger charge is 2.27. The van der Waals surface area contributed by atoms with E-state index >= 15 is 0 Å². The second-order valence-electron chi connectivity index (χ2n) is 7.89. The Labute approximate surface area is 172 Å². The SMILES string of the molecule is C[C@H](OC(=O)C1CCCCC1)C(=O)Nc1ccc(S(=O)(=O)N2CCCCC2)cc1. The van der Waals surface area contributed by atoms with Gasteiger partial charge in [-0.1, -0.05) is 25.7 Å². The second kappa shape index (κ2) is 9.71. The number of carbonyl (C=O) groups excluding carboxylic acids is 2. The van der Waals surface area contributed by atoms with Crippen LogP contribution in [0.25, 0.3) is 0 Å². The fourth-order valence-corrected chi connectivity index (χ4v) is 5.39. The Bertz CT molecular complexity index is 810.